The Balaban J connectivity index is 1.99. The van der Waals surface area contributed by atoms with Crippen LogP contribution in [0.2, 0.25) is 0 Å². The second-order valence-electron chi connectivity index (χ2n) is 4.63. The molecule has 0 aromatic carbocycles. The Morgan fingerprint density at radius 3 is 2.72 bits per heavy atom. The Labute approximate surface area is 112 Å². The Bertz CT molecular complexity index is 471. The van der Waals surface area contributed by atoms with Crippen LogP contribution in [0.4, 0.5) is 0 Å². The van der Waals surface area contributed by atoms with E-state index in [0.717, 1.165) is 18.9 Å². The molecule has 1 amide bonds. The van der Waals surface area contributed by atoms with E-state index in [-0.39, 0.29) is 5.91 Å². The molecule has 0 saturated heterocycles. The monoisotopic (exact) mass is 268 g/mol. The van der Waals surface area contributed by atoms with Crippen molar-refractivity contribution in [3.63, 3.8) is 0 Å². The largest absolute Gasteiger partial charge is 0.343 e. The summed E-state index contributed by atoms with van der Waals surface area (Å²) in [5, 5.41) is 7.09. The molecule has 0 radical (unpaired) electrons. The highest BCUT2D eigenvalue weighted by molar-refractivity contribution is 7.71. The van der Waals surface area contributed by atoms with E-state index in [2.05, 4.69) is 10.2 Å². The molecule has 0 bridgehead atoms. The highest BCUT2D eigenvalue weighted by atomic mass is 32.1. The van der Waals surface area contributed by atoms with Crippen molar-refractivity contribution < 1.29 is 4.79 Å². The summed E-state index contributed by atoms with van der Waals surface area (Å²) in [5.74, 6) is 1.75. The van der Waals surface area contributed by atoms with Gasteiger partial charge in [-0.25, -0.2) is 0 Å². The normalized spacial score (nSPS) is 14.8. The third-order valence-corrected chi connectivity index (χ3v) is 3.71. The molecule has 18 heavy (non-hydrogen) atoms. The Kier molecular flexibility index (Phi) is 4.16. The van der Waals surface area contributed by atoms with Crippen molar-refractivity contribution in [2.24, 2.45) is 0 Å². The van der Waals surface area contributed by atoms with Gasteiger partial charge in [0.1, 0.15) is 5.82 Å². The fraction of sp³-hybridized carbons (Fsp3) is 0.750. The van der Waals surface area contributed by atoms with Gasteiger partial charge in [-0.15, -0.1) is 0 Å². The molecule has 0 atom stereocenters. The number of carbonyl (C=O) groups is 1. The molecule has 6 heteroatoms. The average molecular weight is 268 g/mol. The van der Waals surface area contributed by atoms with Crippen molar-refractivity contribution in [2.75, 3.05) is 13.1 Å². The number of amides is 1. The van der Waals surface area contributed by atoms with Gasteiger partial charge >= 0.3 is 0 Å². The maximum absolute atomic E-state index is 12.0. The topological polar surface area (TPSA) is 53.9 Å². The van der Waals surface area contributed by atoms with E-state index in [9.17, 15) is 4.79 Å². The van der Waals surface area contributed by atoms with Crippen LogP contribution in [0.1, 0.15) is 44.9 Å². The van der Waals surface area contributed by atoms with Gasteiger partial charge in [0.2, 0.25) is 5.91 Å². The molecule has 0 aliphatic heterocycles. The van der Waals surface area contributed by atoms with Crippen molar-refractivity contribution in [2.45, 2.75) is 45.6 Å². The summed E-state index contributed by atoms with van der Waals surface area (Å²) < 4.78 is 2.61. The Morgan fingerprint density at radius 1 is 1.50 bits per heavy atom. The lowest BCUT2D eigenvalue weighted by Gasteiger charge is -2.18. The minimum atomic E-state index is 0.185. The number of hydrogen-bond acceptors (Lipinski definition) is 3. The Morgan fingerprint density at radius 2 is 2.17 bits per heavy atom. The van der Waals surface area contributed by atoms with Crippen LogP contribution in [0.25, 0.3) is 0 Å². The Hall–Kier alpha value is -1.17. The van der Waals surface area contributed by atoms with Crippen molar-refractivity contribution in [1.82, 2.24) is 19.7 Å². The molecule has 1 aliphatic rings. The van der Waals surface area contributed by atoms with Crippen molar-refractivity contribution in [3.05, 3.63) is 10.6 Å². The van der Waals surface area contributed by atoms with Gasteiger partial charge in [0.15, 0.2) is 4.77 Å². The summed E-state index contributed by atoms with van der Waals surface area (Å²) in [6.45, 7) is 6.17. The van der Waals surface area contributed by atoms with E-state index in [1.165, 1.54) is 12.8 Å². The zero-order valence-electron chi connectivity index (χ0n) is 11.0. The zero-order valence-corrected chi connectivity index (χ0v) is 11.8. The second kappa shape index (κ2) is 5.65. The van der Waals surface area contributed by atoms with E-state index in [0.29, 0.717) is 23.7 Å². The number of nitrogens with one attached hydrogen (secondary N) is 1. The molecule has 1 aliphatic carbocycles. The summed E-state index contributed by atoms with van der Waals surface area (Å²) in [6.07, 6.45) is 2.86. The van der Waals surface area contributed by atoms with Crippen molar-refractivity contribution in [1.29, 1.82) is 0 Å². The van der Waals surface area contributed by atoms with Crippen LogP contribution in [-0.2, 0) is 11.3 Å². The number of carbonyl (C=O) groups excluding carboxylic acids is 1. The molecule has 1 fully saturated rings. The second-order valence-corrected chi connectivity index (χ2v) is 5.02. The average Bonchev–Trinajstić information content (AvgIpc) is 3.13. The molecule has 1 aromatic rings. The quantitative estimate of drug-likeness (QED) is 0.804. The first-order chi connectivity index (χ1) is 8.67. The van der Waals surface area contributed by atoms with Gasteiger partial charge in [0.05, 0.1) is 0 Å². The zero-order chi connectivity index (χ0) is 13.1. The molecular formula is C12H20N4OS. The summed E-state index contributed by atoms with van der Waals surface area (Å²) >= 11 is 5.21. The number of aromatic nitrogens is 3. The molecule has 1 N–H and O–H groups in total. The lowest BCUT2D eigenvalue weighted by molar-refractivity contribution is -0.131. The third kappa shape index (κ3) is 2.80. The first kappa shape index (κ1) is 13.3. The standard InChI is InChI=1S/C12H20N4OS/c1-3-15(4-2)10(17)7-8-16-11(9-5-6-9)13-14-12(16)18/h9H,3-8H2,1-2H3,(H,14,18). The fourth-order valence-corrected chi connectivity index (χ4v) is 2.37. The molecule has 5 nitrogen and oxygen atoms in total. The van der Waals surface area contributed by atoms with Crippen LogP contribution in [0, 0.1) is 4.77 Å². The van der Waals surface area contributed by atoms with Crippen LogP contribution in [-0.4, -0.2) is 38.7 Å². The van der Waals surface area contributed by atoms with Crippen LogP contribution >= 0.6 is 12.2 Å². The van der Waals surface area contributed by atoms with Gasteiger partial charge in [0, 0.05) is 32.0 Å². The van der Waals surface area contributed by atoms with Gasteiger partial charge < -0.3 is 9.47 Å². The molecule has 1 aromatic heterocycles. The van der Waals surface area contributed by atoms with Crippen LogP contribution in [0.15, 0.2) is 0 Å². The summed E-state index contributed by atoms with van der Waals surface area (Å²) in [6, 6.07) is 0. The summed E-state index contributed by atoms with van der Waals surface area (Å²) in [4.78, 5) is 13.8. The molecule has 1 heterocycles. The maximum atomic E-state index is 12.0. The van der Waals surface area contributed by atoms with Crippen LogP contribution in [0.3, 0.4) is 0 Å². The van der Waals surface area contributed by atoms with Gasteiger partial charge in [0.25, 0.3) is 0 Å². The van der Waals surface area contributed by atoms with Gasteiger partial charge in [-0.3, -0.25) is 9.89 Å². The number of nitrogens with zero attached hydrogens (tertiary/aromatic N) is 3. The number of H-pyrrole nitrogens is 1. The minimum Gasteiger partial charge on any atom is -0.343 e. The van der Waals surface area contributed by atoms with Crippen LogP contribution < -0.4 is 0 Å². The van der Waals surface area contributed by atoms with E-state index in [4.69, 9.17) is 12.2 Å². The van der Waals surface area contributed by atoms with E-state index < -0.39 is 0 Å². The molecule has 2 rings (SSSR count). The van der Waals surface area contributed by atoms with Gasteiger partial charge in [-0.2, -0.15) is 5.10 Å². The number of hydrogen-bond donors (Lipinski definition) is 1. The highest BCUT2D eigenvalue weighted by Crippen LogP contribution is 2.38. The van der Waals surface area contributed by atoms with E-state index in [1.54, 1.807) is 0 Å². The van der Waals surface area contributed by atoms with E-state index in [1.807, 2.05) is 23.3 Å². The molecule has 0 spiro atoms. The summed E-state index contributed by atoms with van der Waals surface area (Å²) in [7, 11) is 0. The summed E-state index contributed by atoms with van der Waals surface area (Å²) in [5.41, 5.74) is 0. The smallest absolute Gasteiger partial charge is 0.224 e. The predicted molar refractivity (Wildman–Crippen MR) is 71.9 cm³/mol. The van der Waals surface area contributed by atoms with Gasteiger partial charge in [-0.05, 0) is 38.9 Å². The van der Waals surface area contributed by atoms with Crippen LogP contribution in [0.5, 0.6) is 0 Å². The molecule has 100 valence electrons. The lowest BCUT2D eigenvalue weighted by atomic mass is 10.3. The molecule has 1 saturated carbocycles. The van der Waals surface area contributed by atoms with Crippen molar-refractivity contribution in [3.8, 4) is 0 Å². The first-order valence-corrected chi connectivity index (χ1v) is 7.01. The fourth-order valence-electron chi connectivity index (χ4n) is 2.14. The first-order valence-electron chi connectivity index (χ1n) is 6.60. The predicted octanol–water partition coefficient (Wildman–Crippen LogP) is 2.08. The molecular weight excluding hydrogens is 248 g/mol. The SMILES string of the molecule is CCN(CC)C(=O)CCn1c(C2CC2)n[nH]c1=S. The number of aromatic amines is 1. The van der Waals surface area contributed by atoms with Crippen molar-refractivity contribution >= 4 is 18.1 Å². The number of rotatable bonds is 6. The highest BCUT2D eigenvalue weighted by Gasteiger charge is 2.29. The van der Waals surface area contributed by atoms with E-state index >= 15 is 0 Å². The lowest BCUT2D eigenvalue weighted by Crippen LogP contribution is -2.31. The minimum absolute atomic E-state index is 0.185. The maximum Gasteiger partial charge on any atom is 0.224 e. The molecule has 0 unspecified atom stereocenters. The van der Waals surface area contributed by atoms with Gasteiger partial charge in [-0.1, -0.05) is 0 Å². The third-order valence-electron chi connectivity index (χ3n) is 3.40.